The summed E-state index contributed by atoms with van der Waals surface area (Å²) in [5.41, 5.74) is 2.52. The van der Waals surface area contributed by atoms with Crippen LogP contribution in [0.25, 0.3) is 0 Å². The molecule has 2 nitrogen and oxygen atoms in total. The topological polar surface area (TPSA) is 32.3 Å². The Morgan fingerprint density at radius 2 is 2.07 bits per heavy atom. The van der Waals surface area contributed by atoms with E-state index in [1.54, 1.807) is 0 Å². The highest BCUT2D eigenvalue weighted by atomic mass is 16.3. The maximum Gasteiger partial charge on any atom is 0.0473 e. The molecule has 1 aromatic rings. The van der Waals surface area contributed by atoms with Crippen molar-refractivity contribution in [1.29, 1.82) is 0 Å². The fraction of sp³-hybridized carbons (Fsp3) is 0.500. The molecule has 0 spiro atoms. The molecule has 1 rings (SSSR count). The molecule has 2 heteroatoms. The van der Waals surface area contributed by atoms with Crippen molar-refractivity contribution < 1.29 is 5.11 Å². The Hall–Kier alpha value is -1.02. The lowest BCUT2D eigenvalue weighted by atomic mass is 10.1. The predicted molar refractivity (Wildman–Crippen MR) is 60.6 cm³/mol. The van der Waals surface area contributed by atoms with Gasteiger partial charge in [0, 0.05) is 18.8 Å². The van der Waals surface area contributed by atoms with Gasteiger partial charge in [0.15, 0.2) is 0 Å². The van der Waals surface area contributed by atoms with E-state index in [0.29, 0.717) is 5.92 Å². The van der Waals surface area contributed by atoms with Crippen molar-refractivity contribution in [2.24, 2.45) is 5.92 Å². The number of para-hydroxylation sites is 1. The van der Waals surface area contributed by atoms with Crippen LogP contribution in [0.3, 0.4) is 0 Å². The van der Waals surface area contributed by atoms with E-state index < -0.39 is 0 Å². The first-order valence-electron chi connectivity index (χ1n) is 5.20. The number of hydrogen-bond donors (Lipinski definition) is 2. The smallest absolute Gasteiger partial charge is 0.0473 e. The summed E-state index contributed by atoms with van der Waals surface area (Å²) in [6.45, 7) is 5.24. The van der Waals surface area contributed by atoms with Gasteiger partial charge in [0.2, 0.25) is 0 Å². The van der Waals surface area contributed by atoms with Crippen LogP contribution in [-0.4, -0.2) is 18.3 Å². The van der Waals surface area contributed by atoms with Gasteiger partial charge in [-0.1, -0.05) is 32.0 Å². The summed E-state index contributed by atoms with van der Waals surface area (Å²) < 4.78 is 0. The van der Waals surface area contributed by atoms with Crippen molar-refractivity contribution in [2.45, 2.75) is 20.3 Å². The van der Waals surface area contributed by atoms with Crippen molar-refractivity contribution in [2.75, 3.05) is 18.5 Å². The first kappa shape index (κ1) is 11.1. The predicted octanol–water partition coefficient (Wildman–Crippen LogP) is 2.29. The van der Waals surface area contributed by atoms with Gasteiger partial charge in [-0.15, -0.1) is 0 Å². The quantitative estimate of drug-likeness (QED) is 0.752. The molecule has 2 N–H and O–H groups in total. The Morgan fingerprint density at radius 3 is 2.71 bits per heavy atom. The van der Waals surface area contributed by atoms with Crippen LogP contribution in [0.4, 0.5) is 5.69 Å². The highest BCUT2D eigenvalue weighted by Crippen LogP contribution is 2.15. The zero-order chi connectivity index (χ0) is 10.4. The standard InChI is InChI=1S/C12H19NO/c1-3-11-6-4-5-7-12(11)13-8-10(2)9-14/h4-7,10,13-14H,3,8-9H2,1-2H3. The molecule has 0 bridgehead atoms. The van der Waals surface area contributed by atoms with E-state index in [1.807, 2.05) is 13.0 Å². The second kappa shape index (κ2) is 5.66. The van der Waals surface area contributed by atoms with Crippen LogP contribution in [0.5, 0.6) is 0 Å². The zero-order valence-electron chi connectivity index (χ0n) is 8.96. The number of aryl methyl sites for hydroxylation is 1. The molecule has 78 valence electrons. The van der Waals surface area contributed by atoms with E-state index in [4.69, 9.17) is 5.11 Å². The number of hydrogen-bond acceptors (Lipinski definition) is 2. The Morgan fingerprint density at radius 1 is 1.36 bits per heavy atom. The van der Waals surface area contributed by atoms with E-state index >= 15 is 0 Å². The molecular weight excluding hydrogens is 174 g/mol. The van der Waals surface area contributed by atoms with Gasteiger partial charge in [-0.2, -0.15) is 0 Å². The zero-order valence-corrected chi connectivity index (χ0v) is 8.96. The van der Waals surface area contributed by atoms with Gasteiger partial charge in [0.05, 0.1) is 0 Å². The molecule has 0 fully saturated rings. The number of rotatable bonds is 5. The molecule has 0 amide bonds. The number of aliphatic hydroxyl groups excluding tert-OH is 1. The minimum absolute atomic E-state index is 0.237. The number of aliphatic hydroxyl groups is 1. The molecule has 1 unspecified atom stereocenters. The molecule has 0 aliphatic heterocycles. The molecule has 1 atom stereocenters. The molecule has 0 aromatic heterocycles. The summed E-state index contributed by atoms with van der Waals surface area (Å²) in [5, 5.41) is 12.3. The SMILES string of the molecule is CCc1ccccc1NCC(C)CO. The third kappa shape index (κ3) is 3.04. The highest BCUT2D eigenvalue weighted by Gasteiger charge is 2.01. The van der Waals surface area contributed by atoms with Crippen LogP contribution in [0.15, 0.2) is 24.3 Å². The molecule has 0 aliphatic rings. The van der Waals surface area contributed by atoms with Gasteiger partial charge in [0.1, 0.15) is 0 Å². The third-order valence-corrected chi connectivity index (χ3v) is 2.35. The van der Waals surface area contributed by atoms with Gasteiger partial charge in [-0.05, 0) is 24.0 Å². The third-order valence-electron chi connectivity index (χ3n) is 2.35. The highest BCUT2D eigenvalue weighted by molar-refractivity contribution is 5.50. The van der Waals surface area contributed by atoms with Crippen molar-refractivity contribution >= 4 is 5.69 Å². The van der Waals surface area contributed by atoms with E-state index in [0.717, 1.165) is 13.0 Å². The molecule has 0 heterocycles. The van der Waals surface area contributed by atoms with Crippen LogP contribution in [-0.2, 0) is 6.42 Å². The average molecular weight is 193 g/mol. The average Bonchev–Trinajstić information content (AvgIpc) is 2.26. The molecule has 0 aliphatic carbocycles. The van der Waals surface area contributed by atoms with E-state index in [2.05, 4.69) is 30.4 Å². The molecule has 1 aromatic carbocycles. The van der Waals surface area contributed by atoms with Crippen molar-refractivity contribution in [3.05, 3.63) is 29.8 Å². The normalized spacial score (nSPS) is 12.5. The Labute approximate surface area is 86.0 Å². The second-order valence-electron chi connectivity index (χ2n) is 3.68. The van der Waals surface area contributed by atoms with E-state index in [-0.39, 0.29) is 6.61 Å². The Balaban J connectivity index is 2.57. The molecule has 14 heavy (non-hydrogen) atoms. The van der Waals surface area contributed by atoms with Gasteiger partial charge < -0.3 is 10.4 Å². The summed E-state index contributed by atoms with van der Waals surface area (Å²) in [7, 11) is 0. The van der Waals surface area contributed by atoms with Crippen LogP contribution >= 0.6 is 0 Å². The number of nitrogens with one attached hydrogen (secondary N) is 1. The van der Waals surface area contributed by atoms with Gasteiger partial charge in [-0.3, -0.25) is 0 Å². The van der Waals surface area contributed by atoms with Crippen molar-refractivity contribution in [1.82, 2.24) is 0 Å². The molecule has 0 saturated heterocycles. The molecule has 0 radical (unpaired) electrons. The van der Waals surface area contributed by atoms with Crippen LogP contribution in [0.2, 0.25) is 0 Å². The minimum Gasteiger partial charge on any atom is -0.396 e. The van der Waals surface area contributed by atoms with E-state index in [9.17, 15) is 0 Å². The maximum atomic E-state index is 8.90. The van der Waals surface area contributed by atoms with Crippen molar-refractivity contribution in [3.8, 4) is 0 Å². The van der Waals surface area contributed by atoms with Gasteiger partial charge >= 0.3 is 0 Å². The van der Waals surface area contributed by atoms with Crippen LogP contribution in [0, 0.1) is 5.92 Å². The first-order chi connectivity index (χ1) is 6.77. The number of benzene rings is 1. The minimum atomic E-state index is 0.237. The fourth-order valence-corrected chi connectivity index (χ4v) is 1.35. The van der Waals surface area contributed by atoms with Crippen LogP contribution < -0.4 is 5.32 Å². The summed E-state index contributed by atoms with van der Waals surface area (Å²) in [6.07, 6.45) is 1.04. The second-order valence-corrected chi connectivity index (χ2v) is 3.68. The summed E-state index contributed by atoms with van der Waals surface area (Å²) in [5.74, 6) is 0.305. The monoisotopic (exact) mass is 193 g/mol. The lowest BCUT2D eigenvalue weighted by Crippen LogP contribution is -2.15. The lowest BCUT2D eigenvalue weighted by Gasteiger charge is -2.13. The first-order valence-corrected chi connectivity index (χ1v) is 5.20. The Bertz CT molecular complexity index is 273. The van der Waals surface area contributed by atoms with Crippen molar-refractivity contribution in [3.63, 3.8) is 0 Å². The van der Waals surface area contributed by atoms with Gasteiger partial charge in [-0.25, -0.2) is 0 Å². The lowest BCUT2D eigenvalue weighted by molar-refractivity contribution is 0.244. The molecule has 0 saturated carbocycles. The maximum absolute atomic E-state index is 8.90. The van der Waals surface area contributed by atoms with Crippen LogP contribution in [0.1, 0.15) is 19.4 Å². The van der Waals surface area contributed by atoms with E-state index in [1.165, 1.54) is 11.3 Å². The number of anilines is 1. The summed E-state index contributed by atoms with van der Waals surface area (Å²) in [4.78, 5) is 0. The largest absolute Gasteiger partial charge is 0.396 e. The Kier molecular flexibility index (Phi) is 4.47. The summed E-state index contributed by atoms with van der Waals surface area (Å²) >= 11 is 0. The molecular formula is C12H19NO. The summed E-state index contributed by atoms with van der Waals surface area (Å²) in [6, 6.07) is 8.31. The fourth-order valence-electron chi connectivity index (χ4n) is 1.35. The van der Waals surface area contributed by atoms with Gasteiger partial charge in [0.25, 0.3) is 0 Å².